The molecule has 1 saturated carbocycles. The van der Waals surface area contributed by atoms with Gasteiger partial charge in [0, 0.05) is 13.1 Å². The molecule has 8 nitrogen and oxygen atoms in total. The van der Waals surface area contributed by atoms with Crippen LogP contribution in [0.5, 0.6) is 5.75 Å². The third kappa shape index (κ3) is 3.22. The Morgan fingerprint density at radius 2 is 1.96 bits per heavy atom. The molecule has 1 aromatic carbocycles. The van der Waals surface area contributed by atoms with Crippen LogP contribution >= 0.6 is 0 Å². The number of aromatic nitrogens is 4. The summed E-state index contributed by atoms with van der Waals surface area (Å²) in [7, 11) is -0.354. The van der Waals surface area contributed by atoms with Gasteiger partial charge in [0.25, 0.3) is 5.16 Å². The molecule has 0 spiro atoms. The van der Waals surface area contributed by atoms with Crippen molar-refractivity contribution in [2.45, 2.75) is 29.8 Å². The van der Waals surface area contributed by atoms with Gasteiger partial charge in [0.05, 0.1) is 19.2 Å². The third-order valence-electron chi connectivity index (χ3n) is 4.25. The molecule has 0 atom stereocenters. The number of anilines is 1. The number of rotatable bonds is 6. The number of fused-ring (bicyclic) bond motifs is 1. The van der Waals surface area contributed by atoms with Gasteiger partial charge in [-0.05, 0) is 30.5 Å². The zero-order valence-electron chi connectivity index (χ0n) is 14.5. The van der Waals surface area contributed by atoms with E-state index in [-0.39, 0.29) is 10.9 Å². The van der Waals surface area contributed by atoms with Gasteiger partial charge in [-0.25, -0.2) is 13.4 Å². The fraction of sp³-hybridized carbons (Fsp3) is 0.353. The first kappa shape index (κ1) is 16.8. The molecule has 0 amide bonds. The second-order valence-electron chi connectivity index (χ2n) is 6.41. The summed E-state index contributed by atoms with van der Waals surface area (Å²) >= 11 is 0. The van der Waals surface area contributed by atoms with Crippen molar-refractivity contribution in [1.29, 1.82) is 0 Å². The van der Waals surface area contributed by atoms with Crippen LogP contribution in [0.25, 0.3) is 11.2 Å². The van der Waals surface area contributed by atoms with E-state index in [2.05, 4.69) is 20.3 Å². The molecule has 4 rings (SSSR count). The quantitative estimate of drug-likeness (QED) is 0.659. The molecule has 26 heavy (non-hydrogen) atoms. The van der Waals surface area contributed by atoms with Gasteiger partial charge in [-0.15, -0.1) is 0 Å². The number of nitrogens with one attached hydrogen (secondary N) is 1. The Kier molecular flexibility index (Phi) is 4.03. The van der Waals surface area contributed by atoms with Crippen LogP contribution in [0.4, 0.5) is 5.82 Å². The van der Waals surface area contributed by atoms with E-state index in [9.17, 15) is 8.42 Å². The number of hydrogen-bond acceptors (Lipinski definition) is 7. The highest BCUT2D eigenvalue weighted by Crippen LogP contribution is 2.28. The largest absolute Gasteiger partial charge is 0.497 e. The average Bonchev–Trinajstić information content (AvgIpc) is 3.36. The Labute approximate surface area is 151 Å². The fourth-order valence-electron chi connectivity index (χ4n) is 2.65. The maximum Gasteiger partial charge on any atom is 0.251 e. The standard InChI is InChI=1S/C17H19N5O3S/c1-22-10-18-14-15(19-12-5-6-12)20-17(21-16(14)22)26(23,24)9-11-3-7-13(25-2)8-4-11/h3-4,7-8,10,12H,5-6,9H2,1-2H3,(H,19,20,21). The van der Waals surface area contributed by atoms with E-state index in [1.54, 1.807) is 49.3 Å². The second kappa shape index (κ2) is 6.24. The van der Waals surface area contributed by atoms with Gasteiger partial charge in [0.1, 0.15) is 5.75 Å². The molecule has 1 aliphatic rings. The van der Waals surface area contributed by atoms with Crippen LogP contribution in [0.2, 0.25) is 0 Å². The second-order valence-corrected chi connectivity index (χ2v) is 8.29. The molecule has 2 aromatic heterocycles. The minimum Gasteiger partial charge on any atom is -0.497 e. The van der Waals surface area contributed by atoms with Crippen LogP contribution in [-0.4, -0.2) is 41.1 Å². The Morgan fingerprint density at radius 3 is 2.62 bits per heavy atom. The summed E-state index contributed by atoms with van der Waals surface area (Å²) in [5.41, 5.74) is 1.73. The molecule has 3 aromatic rings. The summed E-state index contributed by atoms with van der Waals surface area (Å²) in [5, 5.41) is 3.07. The molecule has 0 unspecified atom stereocenters. The van der Waals surface area contributed by atoms with Crippen molar-refractivity contribution in [3.8, 4) is 5.75 Å². The van der Waals surface area contributed by atoms with E-state index in [0.717, 1.165) is 12.8 Å². The first-order valence-corrected chi connectivity index (χ1v) is 9.93. The van der Waals surface area contributed by atoms with Crippen LogP contribution in [0.1, 0.15) is 18.4 Å². The highest BCUT2D eigenvalue weighted by atomic mass is 32.2. The highest BCUT2D eigenvalue weighted by Gasteiger charge is 2.27. The maximum absolute atomic E-state index is 12.9. The number of ether oxygens (including phenoxy) is 1. The zero-order chi connectivity index (χ0) is 18.3. The van der Waals surface area contributed by atoms with Crippen LogP contribution in [0.3, 0.4) is 0 Å². The van der Waals surface area contributed by atoms with Crippen LogP contribution in [0, 0.1) is 0 Å². The minimum absolute atomic E-state index is 0.177. The van der Waals surface area contributed by atoms with Crippen LogP contribution in [0.15, 0.2) is 35.7 Å². The lowest BCUT2D eigenvalue weighted by molar-refractivity contribution is 0.414. The van der Waals surface area contributed by atoms with Crippen molar-refractivity contribution in [3.63, 3.8) is 0 Å². The Morgan fingerprint density at radius 1 is 1.23 bits per heavy atom. The number of sulfone groups is 1. The predicted molar refractivity (Wildman–Crippen MR) is 96.8 cm³/mol. The summed E-state index contributed by atoms with van der Waals surface area (Å²) in [6.45, 7) is 0. The van der Waals surface area contributed by atoms with Gasteiger partial charge in [-0.1, -0.05) is 12.1 Å². The fourth-order valence-corrected chi connectivity index (χ4v) is 3.87. The van der Waals surface area contributed by atoms with Crippen LogP contribution < -0.4 is 10.1 Å². The molecule has 136 valence electrons. The van der Waals surface area contributed by atoms with Crippen molar-refractivity contribution < 1.29 is 13.2 Å². The van der Waals surface area contributed by atoms with Gasteiger partial charge in [-0.3, -0.25) is 0 Å². The Balaban J connectivity index is 1.72. The topological polar surface area (TPSA) is 99.0 Å². The summed E-state index contributed by atoms with van der Waals surface area (Å²) in [6.07, 6.45) is 3.70. The number of benzene rings is 1. The lowest BCUT2D eigenvalue weighted by Gasteiger charge is -2.09. The van der Waals surface area contributed by atoms with Crippen molar-refractivity contribution in [3.05, 3.63) is 36.2 Å². The SMILES string of the molecule is COc1ccc(CS(=O)(=O)c2nc(NC3CC3)c3ncn(C)c3n2)cc1. The first-order chi connectivity index (χ1) is 12.5. The molecule has 2 heterocycles. The molecule has 0 aliphatic heterocycles. The average molecular weight is 373 g/mol. The summed E-state index contributed by atoms with van der Waals surface area (Å²) in [4.78, 5) is 12.8. The lowest BCUT2D eigenvalue weighted by atomic mass is 10.2. The molecule has 9 heteroatoms. The molecule has 0 saturated heterocycles. The van der Waals surface area contributed by atoms with Gasteiger partial charge < -0.3 is 14.6 Å². The van der Waals surface area contributed by atoms with Gasteiger partial charge in [0.15, 0.2) is 17.0 Å². The third-order valence-corrected chi connectivity index (χ3v) is 5.70. The number of nitrogens with zero attached hydrogens (tertiary/aromatic N) is 4. The first-order valence-electron chi connectivity index (χ1n) is 8.27. The maximum atomic E-state index is 12.9. The summed E-state index contributed by atoms with van der Waals surface area (Å²) in [5.74, 6) is 0.976. The highest BCUT2D eigenvalue weighted by molar-refractivity contribution is 7.90. The summed E-state index contributed by atoms with van der Waals surface area (Å²) < 4.78 is 32.5. The lowest BCUT2D eigenvalue weighted by Crippen LogP contribution is -2.13. The van der Waals surface area contributed by atoms with E-state index in [0.29, 0.717) is 34.3 Å². The van der Waals surface area contributed by atoms with Crippen molar-refractivity contribution >= 4 is 26.8 Å². The molecular formula is C17H19N5O3S. The van der Waals surface area contributed by atoms with E-state index in [1.165, 1.54) is 0 Å². The monoisotopic (exact) mass is 373 g/mol. The van der Waals surface area contributed by atoms with E-state index in [4.69, 9.17) is 4.74 Å². The normalized spacial score (nSPS) is 14.5. The van der Waals surface area contributed by atoms with E-state index >= 15 is 0 Å². The molecular weight excluding hydrogens is 354 g/mol. The van der Waals surface area contributed by atoms with E-state index < -0.39 is 9.84 Å². The molecule has 0 bridgehead atoms. The predicted octanol–water partition coefficient (Wildman–Crippen LogP) is 1.92. The number of methoxy groups -OCH3 is 1. The van der Waals surface area contributed by atoms with Crippen LogP contribution in [-0.2, 0) is 22.6 Å². The number of imidazole rings is 1. The smallest absolute Gasteiger partial charge is 0.251 e. The van der Waals surface area contributed by atoms with Crippen molar-refractivity contribution in [2.75, 3.05) is 12.4 Å². The Bertz CT molecular complexity index is 1060. The minimum atomic E-state index is -3.70. The molecule has 1 fully saturated rings. The molecule has 0 radical (unpaired) electrons. The van der Waals surface area contributed by atoms with E-state index in [1.807, 2.05) is 0 Å². The van der Waals surface area contributed by atoms with Gasteiger partial charge in [-0.2, -0.15) is 9.97 Å². The van der Waals surface area contributed by atoms with Gasteiger partial charge >= 0.3 is 0 Å². The molecule has 1 N–H and O–H groups in total. The van der Waals surface area contributed by atoms with Gasteiger partial charge in [0.2, 0.25) is 9.84 Å². The zero-order valence-corrected chi connectivity index (χ0v) is 15.3. The summed E-state index contributed by atoms with van der Waals surface area (Å²) in [6, 6.07) is 7.24. The molecule has 1 aliphatic carbocycles. The van der Waals surface area contributed by atoms with Crippen molar-refractivity contribution in [1.82, 2.24) is 19.5 Å². The number of aryl methyl sites for hydroxylation is 1. The Hall–Kier alpha value is -2.68. The number of hydrogen-bond donors (Lipinski definition) is 1. The van der Waals surface area contributed by atoms with Crippen molar-refractivity contribution in [2.24, 2.45) is 7.05 Å².